The molecule has 0 aliphatic rings. The summed E-state index contributed by atoms with van der Waals surface area (Å²) in [4.78, 5) is 27.5. The van der Waals surface area contributed by atoms with E-state index in [1.165, 1.54) is 0 Å². The minimum atomic E-state index is -0.739. The first-order valence-electron chi connectivity index (χ1n) is 9.93. The monoisotopic (exact) mass is 392 g/mol. The molecule has 2 amide bonds. The summed E-state index contributed by atoms with van der Waals surface area (Å²) in [6.45, 7) is 14.9. The molecule has 1 rings (SSSR count). The van der Waals surface area contributed by atoms with Gasteiger partial charge in [-0.15, -0.1) is 0 Å². The lowest BCUT2D eigenvalue weighted by molar-refractivity contribution is -0.134. The molecule has 1 atom stereocenters. The van der Waals surface area contributed by atoms with Crippen LogP contribution >= 0.6 is 0 Å². The minimum absolute atomic E-state index is 0.124. The molecule has 6 heteroatoms. The van der Waals surface area contributed by atoms with Crippen LogP contribution < -0.4 is 5.32 Å². The fourth-order valence-electron chi connectivity index (χ4n) is 2.87. The van der Waals surface area contributed by atoms with E-state index >= 15 is 0 Å². The summed E-state index contributed by atoms with van der Waals surface area (Å²) in [5.74, 6) is 0.673. The third-order valence-corrected chi connectivity index (χ3v) is 3.85. The van der Waals surface area contributed by atoms with Crippen molar-refractivity contribution in [1.82, 2.24) is 10.2 Å². The molecule has 0 fully saturated rings. The van der Waals surface area contributed by atoms with Crippen LogP contribution in [0.25, 0.3) is 0 Å². The Morgan fingerprint density at radius 1 is 1.04 bits per heavy atom. The number of ether oxygens (including phenoxy) is 1. The zero-order valence-corrected chi connectivity index (χ0v) is 18.3. The highest BCUT2D eigenvalue weighted by molar-refractivity contribution is 5.86. The van der Waals surface area contributed by atoms with Gasteiger partial charge in [0, 0.05) is 19.5 Å². The fraction of sp³-hybridized carbons (Fsp3) is 0.636. The Labute approximate surface area is 169 Å². The van der Waals surface area contributed by atoms with Gasteiger partial charge in [0.2, 0.25) is 5.91 Å². The van der Waals surface area contributed by atoms with E-state index in [0.717, 1.165) is 5.56 Å². The van der Waals surface area contributed by atoms with Gasteiger partial charge in [0.25, 0.3) is 0 Å². The van der Waals surface area contributed by atoms with Gasteiger partial charge in [-0.05, 0) is 50.3 Å². The van der Waals surface area contributed by atoms with Crippen LogP contribution in [0.3, 0.4) is 0 Å². The smallest absolute Gasteiger partial charge is 0.408 e. The number of nitrogens with one attached hydrogen (secondary N) is 1. The SMILES string of the molecule is CC(C)CN(CC(C)C)C(=O)[C@H](Cc1ccc(O)cc1)NC(=O)OC(C)(C)C. The third-order valence-electron chi connectivity index (χ3n) is 3.85. The lowest BCUT2D eigenvalue weighted by Crippen LogP contribution is -2.52. The van der Waals surface area contributed by atoms with Gasteiger partial charge in [-0.1, -0.05) is 39.8 Å². The molecule has 0 heterocycles. The molecule has 158 valence electrons. The van der Waals surface area contributed by atoms with Gasteiger partial charge in [0.05, 0.1) is 0 Å². The average Bonchev–Trinajstić information content (AvgIpc) is 2.52. The number of hydrogen-bond acceptors (Lipinski definition) is 4. The maximum Gasteiger partial charge on any atom is 0.408 e. The number of carbonyl (C=O) groups is 2. The summed E-state index contributed by atoms with van der Waals surface area (Å²) in [5.41, 5.74) is 0.201. The molecule has 0 aromatic heterocycles. The molecule has 0 aliphatic heterocycles. The lowest BCUT2D eigenvalue weighted by atomic mass is 10.0. The number of benzene rings is 1. The van der Waals surface area contributed by atoms with Gasteiger partial charge < -0.3 is 20.1 Å². The minimum Gasteiger partial charge on any atom is -0.508 e. The van der Waals surface area contributed by atoms with E-state index < -0.39 is 17.7 Å². The summed E-state index contributed by atoms with van der Waals surface area (Å²) in [5, 5.41) is 12.2. The normalized spacial score (nSPS) is 12.8. The number of hydrogen-bond donors (Lipinski definition) is 2. The van der Waals surface area contributed by atoms with Crippen LogP contribution in [0.5, 0.6) is 5.75 Å². The molecule has 6 nitrogen and oxygen atoms in total. The Morgan fingerprint density at radius 3 is 1.96 bits per heavy atom. The molecular weight excluding hydrogens is 356 g/mol. The topological polar surface area (TPSA) is 78.9 Å². The Hall–Kier alpha value is -2.24. The van der Waals surface area contributed by atoms with Crippen molar-refractivity contribution >= 4 is 12.0 Å². The number of carbonyl (C=O) groups excluding carboxylic acids is 2. The standard InChI is InChI=1S/C22H36N2O4/c1-15(2)13-24(14-16(3)4)20(26)19(23-21(27)28-22(5,6)7)12-17-8-10-18(25)11-9-17/h8-11,15-16,19,25H,12-14H2,1-7H3,(H,23,27)/t19-/m0/s1. The third kappa shape index (κ3) is 9.11. The van der Waals surface area contributed by atoms with Crippen molar-refractivity contribution in [3.63, 3.8) is 0 Å². The predicted octanol–water partition coefficient (Wildman–Crippen LogP) is 3.97. The van der Waals surface area contributed by atoms with Crippen LogP contribution in [0.1, 0.15) is 54.0 Å². The number of rotatable bonds is 8. The van der Waals surface area contributed by atoms with Crippen molar-refractivity contribution in [3.8, 4) is 5.75 Å². The molecule has 1 aromatic carbocycles. The van der Waals surface area contributed by atoms with E-state index in [1.807, 2.05) is 4.90 Å². The fourth-order valence-corrected chi connectivity index (χ4v) is 2.87. The van der Waals surface area contributed by atoms with Crippen molar-refractivity contribution in [3.05, 3.63) is 29.8 Å². The summed E-state index contributed by atoms with van der Waals surface area (Å²) in [6.07, 6.45) is -0.288. The molecule has 1 aromatic rings. The second-order valence-electron chi connectivity index (χ2n) is 9.10. The number of nitrogens with zero attached hydrogens (tertiary/aromatic N) is 1. The van der Waals surface area contributed by atoms with Crippen molar-refractivity contribution < 1.29 is 19.4 Å². The Kier molecular flexibility index (Phi) is 8.79. The molecule has 0 saturated carbocycles. The highest BCUT2D eigenvalue weighted by Gasteiger charge is 2.29. The molecule has 28 heavy (non-hydrogen) atoms. The van der Waals surface area contributed by atoms with Crippen molar-refractivity contribution in [2.24, 2.45) is 11.8 Å². The molecule has 0 radical (unpaired) electrons. The first-order chi connectivity index (χ1) is 12.9. The molecule has 0 bridgehead atoms. The predicted molar refractivity (Wildman–Crippen MR) is 111 cm³/mol. The van der Waals surface area contributed by atoms with E-state index in [4.69, 9.17) is 4.74 Å². The Bertz CT molecular complexity index is 623. The Balaban J connectivity index is 3.05. The molecule has 0 aliphatic carbocycles. The summed E-state index contributed by atoms with van der Waals surface area (Å²) in [6, 6.07) is 5.91. The van der Waals surface area contributed by atoms with Crippen molar-refractivity contribution in [1.29, 1.82) is 0 Å². The van der Waals surface area contributed by atoms with Crippen LogP contribution in [0, 0.1) is 11.8 Å². The summed E-state index contributed by atoms with van der Waals surface area (Å²) < 4.78 is 5.36. The summed E-state index contributed by atoms with van der Waals surface area (Å²) >= 11 is 0. The highest BCUT2D eigenvalue weighted by atomic mass is 16.6. The molecule has 0 spiro atoms. The number of phenolic OH excluding ortho intramolecular Hbond substituents is 1. The first-order valence-corrected chi connectivity index (χ1v) is 9.93. The number of amides is 2. The number of phenols is 1. The van der Waals surface area contributed by atoms with Gasteiger partial charge in [0.15, 0.2) is 0 Å². The number of aromatic hydroxyl groups is 1. The second kappa shape index (κ2) is 10.3. The van der Waals surface area contributed by atoms with Gasteiger partial charge in [-0.25, -0.2) is 4.79 Å². The highest BCUT2D eigenvalue weighted by Crippen LogP contribution is 2.15. The van der Waals surface area contributed by atoms with E-state index in [-0.39, 0.29) is 11.7 Å². The van der Waals surface area contributed by atoms with Gasteiger partial charge in [-0.3, -0.25) is 4.79 Å². The van der Waals surface area contributed by atoms with Gasteiger partial charge in [-0.2, -0.15) is 0 Å². The Morgan fingerprint density at radius 2 is 1.54 bits per heavy atom. The average molecular weight is 393 g/mol. The van der Waals surface area contributed by atoms with Crippen LogP contribution in [-0.4, -0.2) is 46.7 Å². The molecule has 0 unspecified atom stereocenters. The molecule has 0 saturated heterocycles. The van der Waals surface area contributed by atoms with Crippen LogP contribution in [0.2, 0.25) is 0 Å². The van der Waals surface area contributed by atoms with Crippen molar-refractivity contribution in [2.45, 2.75) is 66.5 Å². The van der Waals surface area contributed by atoms with Crippen LogP contribution in [0.15, 0.2) is 24.3 Å². The first kappa shape index (κ1) is 23.8. The van der Waals surface area contributed by atoms with Gasteiger partial charge >= 0.3 is 6.09 Å². The largest absolute Gasteiger partial charge is 0.508 e. The van der Waals surface area contributed by atoms with E-state index in [0.29, 0.717) is 31.3 Å². The quantitative estimate of drug-likeness (QED) is 0.702. The maximum absolute atomic E-state index is 13.3. The van der Waals surface area contributed by atoms with Crippen molar-refractivity contribution in [2.75, 3.05) is 13.1 Å². The zero-order valence-electron chi connectivity index (χ0n) is 18.3. The van der Waals surface area contributed by atoms with E-state index in [2.05, 4.69) is 33.0 Å². The molecular formula is C22H36N2O4. The lowest BCUT2D eigenvalue weighted by Gasteiger charge is -2.31. The number of alkyl carbamates (subject to hydrolysis) is 1. The van der Waals surface area contributed by atoms with Gasteiger partial charge in [0.1, 0.15) is 17.4 Å². The molecule has 2 N–H and O–H groups in total. The van der Waals surface area contributed by atoms with E-state index in [1.54, 1.807) is 45.0 Å². The maximum atomic E-state index is 13.3. The van der Waals surface area contributed by atoms with Crippen LogP contribution in [0.4, 0.5) is 4.79 Å². The zero-order chi connectivity index (χ0) is 21.5. The van der Waals surface area contributed by atoms with Crippen LogP contribution in [-0.2, 0) is 16.0 Å². The second-order valence-corrected chi connectivity index (χ2v) is 9.10. The summed E-state index contributed by atoms with van der Waals surface area (Å²) in [7, 11) is 0. The van der Waals surface area contributed by atoms with E-state index in [9.17, 15) is 14.7 Å².